The van der Waals surface area contributed by atoms with E-state index in [4.69, 9.17) is 11.6 Å². The van der Waals surface area contributed by atoms with Crippen LogP contribution in [0.5, 0.6) is 0 Å². The Balaban J connectivity index is 1.77. The number of fused-ring (bicyclic) bond motifs is 1. The molecular weight excluding hydrogens is 436 g/mol. The number of amides is 1. The molecule has 3 aromatic rings. The first-order valence-corrected chi connectivity index (χ1v) is 11.5. The van der Waals surface area contributed by atoms with E-state index in [1.165, 1.54) is 4.31 Å². The van der Waals surface area contributed by atoms with E-state index >= 15 is 0 Å². The molecule has 8 heteroatoms. The molecule has 3 aromatic carbocycles. The minimum atomic E-state index is -3.94. The fraction of sp³-hybridized carbons (Fsp3) is 0.0870. The van der Waals surface area contributed by atoms with Crippen LogP contribution in [0, 0.1) is 0 Å². The average molecular weight is 455 g/mol. The third kappa shape index (κ3) is 4.42. The van der Waals surface area contributed by atoms with E-state index in [1.807, 2.05) is 30.3 Å². The van der Waals surface area contributed by atoms with Crippen molar-refractivity contribution in [1.82, 2.24) is 0 Å². The van der Waals surface area contributed by atoms with Gasteiger partial charge in [-0.25, -0.2) is 8.42 Å². The van der Waals surface area contributed by atoms with E-state index in [1.54, 1.807) is 48.5 Å². The molecule has 0 bridgehead atoms. The molecule has 1 aliphatic heterocycles. The topological polar surface area (TPSA) is 86.7 Å². The monoisotopic (exact) mass is 454 g/mol. The van der Waals surface area contributed by atoms with Crippen LogP contribution in [0.4, 0.5) is 11.4 Å². The number of aliphatic hydroxyl groups is 1. The normalized spacial score (nSPS) is 15.2. The van der Waals surface area contributed by atoms with Crippen molar-refractivity contribution in [1.29, 1.82) is 0 Å². The summed E-state index contributed by atoms with van der Waals surface area (Å²) >= 11 is 5.89. The number of halogens is 1. The Morgan fingerprint density at radius 1 is 0.968 bits per heavy atom. The van der Waals surface area contributed by atoms with Gasteiger partial charge in [0.15, 0.2) is 0 Å². The zero-order valence-corrected chi connectivity index (χ0v) is 17.9. The van der Waals surface area contributed by atoms with E-state index in [-0.39, 0.29) is 12.1 Å². The van der Waals surface area contributed by atoms with E-state index in [0.29, 0.717) is 22.0 Å². The molecule has 0 aliphatic carbocycles. The van der Waals surface area contributed by atoms with Crippen LogP contribution in [0.2, 0.25) is 5.02 Å². The zero-order valence-electron chi connectivity index (χ0n) is 16.3. The third-order valence-corrected chi connectivity index (χ3v) is 6.77. The molecule has 158 valence electrons. The number of anilines is 2. The van der Waals surface area contributed by atoms with Crippen molar-refractivity contribution in [3.05, 3.63) is 101 Å². The van der Waals surface area contributed by atoms with Crippen molar-refractivity contribution in [2.24, 2.45) is 0 Å². The Hall–Kier alpha value is -3.29. The quantitative estimate of drug-likeness (QED) is 0.603. The lowest BCUT2D eigenvalue weighted by molar-refractivity contribution is -0.111. The van der Waals surface area contributed by atoms with Crippen LogP contribution < -0.4 is 9.62 Å². The minimum absolute atomic E-state index is 0.0790. The maximum Gasteiger partial charge on any atom is 0.259 e. The maximum atomic E-state index is 13.1. The number of carbonyl (C=O) groups is 1. The summed E-state index contributed by atoms with van der Waals surface area (Å²) in [4.78, 5) is 13.1. The highest BCUT2D eigenvalue weighted by atomic mass is 35.5. The SMILES string of the molecule is O=C(Nc1ccc(Cl)cc1)C1=C(O)CS(=O)(=O)N(Cc2ccccc2)c2ccccc21. The summed E-state index contributed by atoms with van der Waals surface area (Å²) < 4.78 is 27.5. The number of rotatable bonds is 4. The van der Waals surface area contributed by atoms with Crippen molar-refractivity contribution >= 4 is 44.5 Å². The summed E-state index contributed by atoms with van der Waals surface area (Å²) in [5.41, 5.74) is 1.85. The fourth-order valence-corrected chi connectivity index (χ4v) is 5.02. The number of carbonyl (C=O) groups excluding carboxylic acids is 1. The second-order valence-corrected chi connectivity index (χ2v) is 9.38. The lowest BCUT2D eigenvalue weighted by Crippen LogP contribution is -2.32. The van der Waals surface area contributed by atoms with Gasteiger partial charge in [-0.2, -0.15) is 0 Å². The van der Waals surface area contributed by atoms with E-state index < -0.39 is 27.4 Å². The van der Waals surface area contributed by atoms with Crippen molar-refractivity contribution in [2.45, 2.75) is 6.54 Å². The van der Waals surface area contributed by atoms with Crippen LogP contribution in [0.3, 0.4) is 0 Å². The van der Waals surface area contributed by atoms with Crippen molar-refractivity contribution in [3.8, 4) is 0 Å². The number of benzene rings is 3. The number of para-hydroxylation sites is 1. The standard InChI is InChI=1S/C23H19ClN2O4S/c24-17-10-12-18(13-11-17)25-23(28)22-19-8-4-5-9-20(19)26(31(29,30)15-21(22)27)14-16-6-2-1-3-7-16/h1-13,27H,14-15H2,(H,25,28). The summed E-state index contributed by atoms with van der Waals surface area (Å²) in [5, 5.41) is 13.9. The molecule has 6 nitrogen and oxygen atoms in total. The number of hydrogen-bond donors (Lipinski definition) is 2. The van der Waals surface area contributed by atoms with Gasteiger partial charge in [-0.3, -0.25) is 9.10 Å². The first-order chi connectivity index (χ1) is 14.8. The van der Waals surface area contributed by atoms with Gasteiger partial charge in [-0.1, -0.05) is 60.1 Å². The minimum Gasteiger partial charge on any atom is -0.510 e. The lowest BCUT2D eigenvalue weighted by Gasteiger charge is -2.24. The van der Waals surface area contributed by atoms with E-state index in [0.717, 1.165) is 5.56 Å². The predicted octanol–water partition coefficient (Wildman–Crippen LogP) is 4.60. The molecule has 1 amide bonds. The second kappa shape index (κ2) is 8.45. The Morgan fingerprint density at radius 2 is 1.61 bits per heavy atom. The van der Waals surface area contributed by atoms with Crippen LogP contribution in [-0.2, 0) is 21.4 Å². The smallest absolute Gasteiger partial charge is 0.259 e. The molecule has 4 rings (SSSR count). The van der Waals surface area contributed by atoms with Crippen molar-refractivity contribution in [3.63, 3.8) is 0 Å². The Kier molecular flexibility index (Phi) is 5.71. The molecule has 0 atom stereocenters. The molecule has 0 aromatic heterocycles. The van der Waals surface area contributed by atoms with Crippen LogP contribution in [-0.4, -0.2) is 25.2 Å². The van der Waals surface area contributed by atoms with Gasteiger partial charge < -0.3 is 10.4 Å². The molecule has 0 radical (unpaired) electrons. The summed E-state index contributed by atoms with van der Waals surface area (Å²) in [6, 6.07) is 22.3. The number of sulfonamides is 1. The van der Waals surface area contributed by atoms with Crippen molar-refractivity contribution in [2.75, 3.05) is 15.4 Å². The van der Waals surface area contributed by atoms with Gasteiger partial charge in [0.25, 0.3) is 5.91 Å². The van der Waals surface area contributed by atoms with E-state index in [9.17, 15) is 18.3 Å². The largest absolute Gasteiger partial charge is 0.510 e. The maximum absolute atomic E-state index is 13.1. The second-order valence-electron chi connectivity index (χ2n) is 7.05. The lowest BCUT2D eigenvalue weighted by atomic mass is 10.0. The molecule has 0 unspecified atom stereocenters. The Labute approximate surface area is 185 Å². The highest BCUT2D eigenvalue weighted by Crippen LogP contribution is 2.36. The molecule has 0 spiro atoms. The first-order valence-electron chi connectivity index (χ1n) is 9.48. The summed E-state index contributed by atoms with van der Waals surface area (Å²) in [7, 11) is -3.94. The van der Waals surface area contributed by atoms with Gasteiger partial charge >= 0.3 is 0 Å². The molecular formula is C23H19ClN2O4S. The Morgan fingerprint density at radius 3 is 2.32 bits per heavy atom. The first kappa shape index (κ1) is 21.0. The van der Waals surface area contributed by atoms with Gasteiger partial charge in [-0.05, 0) is 35.9 Å². The van der Waals surface area contributed by atoms with Gasteiger partial charge in [0.1, 0.15) is 11.5 Å². The highest BCUT2D eigenvalue weighted by Gasteiger charge is 2.34. The predicted molar refractivity (Wildman–Crippen MR) is 122 cm³/mol. The third-order valence-electron chi connectivity index (χ3n) is 4.88. The number of hydrogen-bond acceptors (Lipinski definition) is 4. The number of nitrogens with one attached hydrogen (secondary N) is 1. The molecule has 1 aliphatic rings. The summed E-state index contributed by atoms with van der Waals surface area (Å²) in [6.45, 7) is 0.0829. The van der Waals surface area contributed by atoms with Gasteiger partial charge in [0.2, 0.25) is 10.0 Å². The van der Waals surface area contributed by atoms with Crippen LogP contribution in [0.25, 0.3) is 5.57 Å². The summed E-state index contributed by atoms with van der Waals surface area (Å²) in [6.07, 6.45) is 0. The average Bonchev–Trinajstić information content (AvgIpc) is 2.82. The molecule has 0 saturated heterocycles. The highest BCUT2D eigenvalue weighted by molar-refractivity contribution is 7.93. The van der Waals surface area contributed by atoms with Gasteiger partial charge in [0.05, 0.1) is 17.8 Å². The fourth-order valence-electron chi connectivity index (χ4n) is 3.44. The molecule has 31 heavy (non-hydrogen) atoms. The van der Waals surface area contributed by atoms with Crippen molar-refractivity contribution < 1.29 is 18.3 Å². The molecule has 1 heterocycles. The number of nitrogens with zero attached hydrogens (tertiary/aromatic N) is 1. The molecule has 2 N–H and O–H groups in total. The summed E-state index contributed by atoms with van der Waals surface area (Å²) in [5.74, 6) is -1.80. The molecule has 0 saturated carbocycles. The van der Waals surface area contributed by atoms with Crippen LogP contribution in [0.1, 0.15) is 11.1 Å². The van der Waals surface area contributed by atoms with Gasteiger partial charge in [0, 0.05) is 16.3 Å². The Bertz CT molecular complexity index is 1260. The molecule has 0 fully saturated rings. The van der Waals surface area contributed by atoms with Crippen LogP contribution in [0.15, 0.2) is 84.6 Å². The number of aliphatic hydroxyl groups excluding tert-OH is 1. The zero-order chi connectivity index (χ0) is 22.0. The van der Waals surface area contributed by atoms with Gasteiger partial charge in [-0.15, -0.1) is 0 Å². The van der Waals surface area contributed by atoms with E-state index in [2.05, 4.69) is 5.32 Å². The van der Waals surface area contributed by atoms with Crippen LogP contribution >= 0.6 is 11.6 Å².